The van der Waals surface area contributed by atoms with E-state index in [9.17, 15) is 4.79 Å². The lowest BCUT2D eigenvalue weighted by Crippen LogP contribution is -2.44. The van der Waals surface area contributed by atoms with E-state index < -0.39 is 5.97 Å². The zero-order valence-electron chi connectivity index (χ0n) is 11.6. The Kier molecular flexibility index (Phi) is 4.10. The number of nitrogens with zero attached hydrogens (tertiary/aromatic N) is 1. The molecule has 19 heavy (non-hydrogen) atoms. The molecule has 0 radical (unpaired) electrons. The minimum absolute atomic E-state index is 0.00611. The molecular formula is C15H21NO3. The predicted octanol–water partition coefficient (Wildman–Crippen LogP) is 2.18. The number of piperidine rings is 1. The molecule has 0 bridgehead atoms. The molecule has 1 N–H and O–H groups in total. The van der Waals surface area contributed by atoms with Crippen LogP contribution in [0.1, 0.15) is 25.3 Å². The molecule has 0 aliphatic carbocycles. The van der Waals surface area contributed by atoms with E-state index in [2.05, 4.69) is 18.9 Å². The van der Waals surface area contributed by atoms with Gasteiger partial charge in [0.15, 0.2) is 0 Å². The van der Waals surface area contributed by atoms with Crippen LogP contribution < -0.4 is 4.74 Å². The van der Waals surface area contributed by atoms with Crippen molar-refractivity contribution in [1.29, 1.82) is 0 Å². The molecule has 1 aromatic carbocycles. The van der Waals surface area contributed by atoms with Crippen molar-refractivity contribution in [2.75, 3.05) is 20.1 Å². The summed E-state index contributed by atoms with van der Waals surface area (Å²) in [5, 5.41) is 8.93. The number of benzene rings is 1. The van der Waals surface area contributed by atoms with E-state index in [1.807, 2.05) is 24.3 Å². The van der Waals surface area contributed by atoms with E-state index in [0.717, 1.165) is 31.5 Å². The normalized spacial score (nSPS) is 19.1. The smallest absolute Gasteiger partial charge is 0.307 e. The number of carbonyl (C=O) groups is 1. The average Bonchev–Trinajstić information content (AvgIpc) is 2.35. The fraction of sp³-hybridized carbons (Fsp3) is 0.533. The number of ether oxygens (including phenoxy) is 1. The Morgan fingerprint density at radius 3 is 2.63 bits per heavy atom. The van der Waals surface area contributed by atoms with Crippen LogP contribution >= 0.6 is 0 Å². The number of aliphatic carboxylic acids is 1. The summed E-state index contributed by atoms with van der Waals surface area (Å²) >= 11 is 0. The SMILES string of the molecule is CN1CCC(C)(Oc2ccccc2CC(=O)O)CC1. The van der Waals surface area contributed by atoms with Crippen molar-refractivity contribution in [1.82, 2.24) is 4.90 Å². The molecule has 1 saturated heterocycles. The van der Waals surface area contributed by atoms with Crippen LogP contribution in [-0.2, 0) is 11.2 Å². The number of hydrogen-bond donors (Lipinski definition) is 1. The molecule has 104 valence electrons. The van der Waals surface area contributed by atoms with Crippen molar-refractivity contribution < 1.29 is 14.6 Å². The lowest BCUT2D eigenvalue weighted by atomic mass is 9.93. The van der Waals surface area contributed by atoms with E-state index in [-0.39, 0.29) is 12.0 Å². The summed E-state index contributed by atoms with van der Waals surface area (Å²) in [7, 11) is 2.11. The maximum atomic E-state index is 10.9. The highest BCUT2D eigenvalue weighted by molar-refractivity contribution is 5.71. The maximum Gasteiger partial charge on any atom is 0.307 e. The lowest BCUT2D eigenvalue weighted by molar-refractivity contribution is -0.136. The highest BCUT2D eigenvalue weighted by atomic mass is 16.5. The second-order valence-electron chi connectivity index (χ2n) is 5.53. The van der Waals surface area contributed by atoms with Crippen molar-refractivity contribution in [2.24, 2.45) is 0 Å². The Labute approximate surface area is 114 Å². The van der Waals surface area contributed by atoms with Gasteiger partial charge in [-0.2, -0.15) is 0 Å². The van der Waals surface area contributed by atoms with Gasteiger partial charge in [0.05, 0.1) is 6.42 Å². The third-order valence-corrected chi connectivity index (χ3v) is 3.72. The largest absolute Gasteiger partial charge is 0.487 e. The van der Waals surface area contributed by atoms with Crippen LogP contribution in [0.3, 0.4) is 0 Å². The van der Waals surface area contributed by atoms with Crippen LogP contribution in [0.15, 0.2) is 24.3 Å². The third-order valence-electron chi connectivity index (χ3n) is 3.72. The fourth-order valence-corrected chi connectivity index (χ4v) is 2.37. The molecular weight excluding hydrogens is 242 g/mol. The third kappa shape index (κ3) is 3.70. The van der Waals surface area contributed by atoms with Crippen molar-refractivity contribution in [2.45, 2.75) is 31.8 Å². The first-order chi connectivity index (χ1) is 8.98. The molecule has 1 heterocycles. The van der Waals surface area contributed by atoms with Gasteiger partial charge in [0.2, 0.25) is 0 Å². The van der Waals surface area contributed by atoms with Crippen LogP contribution in [0.25, 0.3) is 0 Å². The Morgan fingerprint density at radius 1 is 1.37 bits per heavy atom. The first-order valence-electron chi connectivity index (χ1n) is 6.66. The quantitative estimate of drug-likeness (QED) is 0.904. The van der Waals surface area contributed by atoms with Gasteiger partial charge in [0.25, 0.3) is 0 Å². The molecule has 0 aromatic heterocycles. The summed E-state index contributed by atoms with van der Waals surface area (Å²) in [4.78, 5) is 13.2. The predicted molar refractivity (Wildman–Crippen MR) is 73.5 cm³/mol. The summed E-state index contributed by atoms with van der Waals surface area (Å²) < 4.78 is 6.13. The molecule has 2 rings (SSSR count). The minimum Gasteiger partial charge on any atom is -0.487 e. The van der Waals surface area contributed by atoms with Crippen LogP contribution in [0, 0.1) is 0 Å². The molecule has 1 aliphatic heterocycles. The number of likely N-dealkylation sites (tertiary alicyclic amines) is 1. The second kappa shape index (κ2) is 5.61. The van der Waals surface area contributed by atoms with E-state index in [0.29, 0.717) is 5.75 Å². The zero-order chi connectivity index (χ0) is 13.9. The summed E-state index contributed by atoms with van der Waals surface area (Å²) in [5.74, 6) is -0.124. The van der Waals surface area contributed by atoms with Gasteiger partial charge in [-0.1, -0.05) is 18.2 Å². The molecule has 0 spiro atoms. The molecule has 1 fully saturated rings. The molecule has 1 aliphatic rings. The number of rotatable bonds is 4. The Morgan fingerprint density at radius 2 is 2.00 bits per heavy atom. The topological polar surface area (TPSA) is 49.8 Å². The van der Waals surface area contributed by atoms with Gasteiger partial charge < -0.3 is 14.7 Å². The number of para-hydroxylation sites is 1. The van der Waals surface area contributed by atoms with E-state index in [4.69, 9.17) is 9.84 Å². The molecule has 0 unspecified atom stereocenters. The van der Waals surface area contributed by atoms with E-state index in [1.54, 1.807) is 0 Å². The summed E-state index contributed by atoms with van der Waals surface area (Å²) in [6.07, 6.45) is 1.93. The highest BCUT2D eigenvalue weighted by Gasteiger charge is 2.31. The molecule has 0 saturated carbocycles. The summed E-state index contributed by atoms with van der Waals surface area (Å²) in [6, 6.07) is 7.42. The summed E-state index contributed by atoms with van der Waals surface area (Å²) in [6.45, 7) is 4.13. The minimum atomic E-state index is -0.829. The Bertz CT molecular complexity index is 450. The van der Waals surface area contributed by atoms with Crippen LogP contribution in [0.2, 0.25) is 0 Å². The van der Waals surface area contributed by atoms with Gasteiger partial charge >= 0.3 is 5.97 Å². The summed E-state index contributed by atoms with van der Waals surface area (Å²) in [5.41, 5.74) is 0.552. The van der Waals surface area contributed by atoms with E-state index >= 15 is 0 Å². The fourth-order valence-electron chi connectivity index (χ4n) is 2.37. The zero-order valence-corrected chi connectivity index (χ0v) is 11.6. The van der Waals surface area contributed by atoms with Crippen LogP contribution in [0.5, 0.6) is 5.75 Å². The van der Waals surface area contributed by atoms with Gasteiger partial charge in [-0.3, -0.25) is 4.79 Å². The van der Waals surface area contributed by atoms with Crippen LogP contribution in [-0.4, -0.2) is 41.7 Å². The highest BCUT2D eigenvalue weighted by Crippen LogP contribution is 2.30. The monoisotopic (exact) mass is 263 g/mol. The first kappa shape index (κ1) is 13.9. The molecule has 0 amide bonds. The van der Waals surface area contributed by atoms with Crippen LogP contribution in [0.4, 0.5) is 0 Å². The second-order valence-corrected chi connectivity index (χ2v) is 5.53. The van der Waals surface area contributed by atoms with Crippen molar-refractivity contribution in [3.8, 4) is 5.75 Å². The molecule has 4 nitrogen and oxygen atoms in total. The van der Waals surface area contributed by atoms with Gasteiger partial charge in [0.1, 0.15) is 11.4 Å². The van der Waals surface area contributed by atoms with Gasteiger partial charge in [-0.25, -0.2) is 0 Å². The van der Waals surface area contributed by atoms with Gasteiger partial charge in [-0.15, -0.1) is 0 Å². The maximum absolute atomic E-state index is 10.9. The number of carboxylic acids is 1. The molecule has 4 heteroatoms. The first-order valence-corrected chi connectivity index (χ1v) is 6.66. The molecule has 0 atom stereocenters. The average molecular weight is 263 g/mol. The number of hydrogen-bond acceptors (Lipinski definition) is 3. The molecule has 1 aromatic rings. The van der Waals surface area contributed by atoms with Gasteiger partial charge in [0, 0.05) is 18.7 Å². The Hall–Kier alpha value is -1.55. The Balaban J connectivity index is 2.12. The number of carboxylic acid groups (broad SMARTS) is 1. The van der Waals surface area contributed by atoms with E-state index in [1.165, 1.54) is 0 Å². The van der Waals surface area contributed by atoms with Crippen molar-refractivity contribution in [3.63, 3.8) is 0 Å². The lowest BCUT2D eigenvalue weighted by Gasteiger charge is -2.38. The standard InChI is InChI=1S/C15H21NO3/c1-15(7-9-16(2)10-8-15)19-13-6-4-3-5-12(13)11-14(17)18/h3-6H,7-11H2,1-2H3,(H,17,18). The van der Waals surface area contributed by atoms with Crippen molar-refractivity contribution >= 4 is 5.97 Å². The van der Waals surface area contributed by atoms with Gasteiger partial charge in [-0.05, 0) is 32.9 Å². The van der Waals surface area contributed by atoms with Crippen molar-refractivity contribution in [3.05, 3.63) is 29.8 Å².